The molecule has 2 N–H and O–H groups in total. The van der Waals surface area contributed by atoms with Gasteiger partial charge in [0.1, 0.15) is 11.4 Å². The molecule has 0 saturated carbocycles. The van der Waals surface area contributed by atoms with Gasteiger partial charge >= 0.3 is 0 Å². The highest BCUT2D eigenvalue weighted by Crippen LogP contribution is 2.16. The first-order valence-corrected chi connectivity index (χ1v) is 8.88. The van der Waals surface area contributed by atoms with E-state index in [4.69, 9.17) is 4.74 Å². The van der Waals surface area contributed by atoms with Crippen molar-refractivity contribution in [2.75, 3.05) is 13.7 Å². The molecule has 0 aliphatic heterocycles. The van der Waals surface area contributed by atoms with Crippen molar-refractivity contribution in [3.05, 3.63) is 63.3 Å². The van der Waals surface area contributed by atoms with Gasteiger partial charge in [-0.1, -0.05) is 12.1 Å². The number of hydrogen-bond acceptors (Lipinski definition) is 4. The maximum atomic E-state index is 12.8. The van der Waals surface area contributed by atoms with Crippen molar-refractivity contribution >= 4 is 16.9 Å². The lowest BCUT2D eigenvalue weighted by Crippen LogP contribution is -2.36. The largest absolute Gasteiger partial charge is 0.383 e. The number of aromatic nitrogens is 3. The Balaban J connectivity index is 1.88. The van der Waals surface area contributed by atoms with Gasteiger partial charge in [0, 0.05) is 19.3 Å². The normalized spacial score (nSPS) is 12.3. The monoisotopic (exact) mass is 368 g/mol. The van der Waals surface area contributed by atoms with Crippen molar-refractivity contribution in [3.8, 4) is 0 Å². The maximum absolute atomic E-state index is 12.8. The number of methoxy groups -OCH3 is 1. The van der Waals surface area contributed by atoms with E-state index in [0.717, 1.165) is 16.7 Å². The smallest absolute Gasteiger partial charge is 0.263 e. The third-order valence-electron chi connectivity index (χ3n) is 4.62. The highest BCUT2D eigenvalue weighted by Gasteiger charge is 2.21. The molecule has 0 saturated heterocycles. The fraction of sp³-hybridized carbons (Fsp3) is 0.350. The van der Waals surface area contributed by atoms with Crippen LogP contribution in [0.5, 0.6) is 0 Å². The Hall–Kier alpha value is -2.93. The maximum Gasteiger partial charge on any atom is 0.263 e. The molecule has 1 atom stereocenters. The van der Waals surface area contributed by atoms with E-state index in [1.807, 2.05) is 44.2 Å². The van der Waals surface area contributed by atoms with Crippen LogP contribution in [0.25, 0.3) is 11.0 Å². The zero-order valence-corrected chi connectivity index (χ0v) is 16.0. The van der Waals surface area contributed by atoms with Gasteiger partial charge in [-0.3, -0.25) is 9.59 Å². The fourth-order valence-electron chi connectivity index (χ4n) is 3.18. The molecule has 0 fully saturated rings. The number of pyridine rings is 1. The Morgan fingerprint density at radius 3 is 2.78 bits per heavy atom. The van der Waals surface area contributed by atoms with Gasteiger partial charge < -0.3 is 19.6 Å². The summed E-state index contributed by atoms with van der Waals surface area (Å²) < 4.78 is 6.63. The van der Waals surface area contributed by atoms with Gasteiger partial charge in [0.25, 0.3) is 11.5 Å². The van der Waals surface area contributed by atoms with E-state index in [1.54, 1.807) is 18.6 Å². The summed E-state index contributed by atoms with van der Waals surface area (Å²) in [5.74, 6) is 0.241. The number of amides is 1. The number of nitrogens with one attached hydrogen (secondary N) is 2. The molecule has 2 aromatic heterocycles. The molecule has 1 unspecified atom stereocenters. The molecule has 0 spiro atoms. The van der Waals surface area contributed by atoms with Crippen molar-refractivity contribution in [2.24, 2.45) is 0 Å². The standard InChI is InChI=1S/C20H24N4O3/c1-12-11-13(2)24(9-10-27-4)20(26)17(12)19(25)21-14(3)18-22-15-7-5-6-8-16(15)23-18/h5-8,11,14H,9-10H2,1-4H3,(H,21,25)(H,22,23). The lowest BCUT2D eigenvalue weighted by Gasteiger charge is -2.16. The van der Waals surface area contributed by atoms with E-state index >= 15 is 0 Å². The van der Waals surface area contributed by atoms with Gasteiger partial charge in [0.05, 0.1) is 23.7 Å². The Bertz CT molecular complexity index is 1000. The average molecular weight is 368 g/mol. The van der Waals surface area contributed by atoms with Crippen LogP contribution in [0.2, 0.25) is 0 Å². The Kier molecular flexibility index (Phi) is 5.41. The summed E-state index contributed by atoms with van der Waals surface area (Å²) in [7, 11) is 1.58. The van der Waals surface area contributed by atoms with Gasteiger partial charge in [0.2, 0.25) is 0 Å². The molecule has 7 nitrogen and oxygen atoms in total. The molecule has 0 aliphatic carbocycles. The lowest BCUT2D eigenvalue weighted by molar-refractivity contribution is 0.0935. The predicted octanol–water partition coefficient (Wildman–Crippen LogP) is 2.48. The molecule has 2 heterocycles. The number of rotatable bonds is 6. The minimum absolute atomic E-state index is 0.152. The number of H-pyrrole nitrogens is 1. The summed E-state index contributed by atoms with van der Waals surface area (Å²) in [5, 5.41) is 2.88. The van der Waals surface area contributed by atoms with E-state index in [1.165, 1.54) is 0 Å². The van der Waals surface area contributed by atoms with Crippen molar-refractivity contribution in [2.45, 2.75) is 33.4 Å². The first kappa shape index (κ1) is 18.8. The number of hydrogen-bond donors (Lipinski definition) is 2. The Morgan fingerprint density at radius 2 is 2.07 bits per heavy atom. The van der Waals surface area contributed by atoms with Crippen LogP contribution in [0.4, 0.5) is 0 Å². The molecule has 0 radical (unpaired) electrons. The lowest BCUT2D eigenvalue weighted by atomic mass is 10.1. The molecular formula is C20H24N4O3. The highest BCUT2D eigenvalue weighted by molar-refractivity contribution is 5.95. The molecule has 27 heavy (non-hydrogen) atoms. The highest BCUT2D eigenvalue weighted by atomic mass is 16.5. The summed E-state index contributed by atoms with van der Waals surface area (Å²) in [6.07, 6.45) is 0. The van der Waals surface area contributed by atoms with Crippen LogP contribution >= 0.6 is 0 Å². The van der Waals surface area contributed by atoms with Crippen LogP contribution in [0, 0.1) is 13.8 Å². The van der Waals surface area contributed by atoms with E-state index in [2.05, 4.69) is 15.3 Å². The average Bonchev–Trinajstić information content (AvgIpc) is 3.05. The number of nitrogens with zero attached hydrogens (tertiary/aromatic N) is 2. The van der Waals surface area contributed by atoms with Crippen molar-refractivity contribution in [3.63, 3.8) is 0 Å². The summed E-state index contributed by atoms with van der Waals surface area (Å²) >= 11 is 0. The third-order valence-corrected chi connectivity index (χ3v) is 4.62. The first-order chi connectivity index (χ1) is 12.9. The van der Waals surface area contributed by atoms with E-state index < -0.39 is 5.91 Å². The fourth-order valence-corrected chi connectivity index (χ4v) is 3.18. The molecule has 7 heteroatoms. The predicted molar refractivity (Wildman–Crippen MR) is 104 cm³/mol. The van der Waals surface area contributed by atoms with Crippen LogP contribution in [0.3, 0.4) is 0 Å². The van der Waals surface area contributed by atoms with Crippen molar-refractivity contribution in [1.82, 2.24) is 19.9 Å². The second kappa shape index (κ2) is 7.75. The third kappa shape index (κ3) is 3.78. The number of ether oxygens (including phenoxy) is 1. The summed E-state index contributed by atoms with van der Waals surface area (Å²) in [5.41, 5.74) is 3.04. The van der Waals surface area contributed by atoms with Gasteiger partial charge in [-0.2, -0.15) is 0 Å². The number of para-hydroxylation sites is 2. The van der Waals surface area contributed by atoms with Crippen LogP contribution < -0.4 is 10.9 Å². The number of carbonyl (C=O) groups excluding carboxylic acids is 1. The van der Waals surface area contributed by atoms with E-state index in [0.29, 0.717) is 24.5 Å². The van der Waals surface area contributed by atoms with Crippen LogP contribution in [0.1, 0.15) is 40.4 Å². The van der Waals surface area contributed by atoms with Crippen LogP contribution in [-0.4, -0.2) is 34.2 Å². The molecule has 1 amide bonds. The van der Waals surface area contributed by atoms with Gasteiger partial charge in [-0.25, -0.2) is 4.98 Å². The second-order valence-corrected chi connectivity index (χ2v) is 6.63. The molecule has 142 valence electrons. The number of aryl methyl sites for hydroxylation is 2. The van der Waals surface area contributed by atoms with Crippen molar-refractivity contribution in [1.29, 1.82) is 0 Å². The van der Waals surface area contributed by atoms with E-state index in [-0.39, 0.29) is 17.2 Å². The van der Waals surface area contributed by atoms with Crippen LogP contribution in [0.15, 0.2) is 35.1 Å². The quantitative estimate of drug-likeness (QED) is 0.699. The van der Waals surface area contributed by atoms with Crippen molar-refractivity contribution < 1.29 is 9.53 Å². The van der Waals surface area contributed by atoms with E-state index in [9.17, 15) is 9.59 Å². The second-order valence-electron chi connectivity index (χ2n) is 6.63. The van der Waals surface area contributed by atoms with Crippen LogP contribution in [-0.2, 0) is 11.3 Å². The number of imidazole rings is 1. The van der Waals surface area contributed by atoms with Gasteiger partial charge in [-0.15, -0.1) is 0 Å². The molecule has 0 bridgehead atoms. The topological polar surface area (TPSA) is 89.0 Å². The summed E-state index contributed by atoms with van der Waals surface area (Å²) in [6, 6.07) is 9.15. The minimum atomic E-state index is -0.406. The zero-order chi connectivity index (χ0) is 19.6. The number of carbonyl (C=O) groups is 1. The first-order valence-electron chi connectivity index (χ1n) is 8.88. The minimum Gasteiger partial charge on any atom is -0.383 e. The molecule has 3 rings (SSSR count). The zero-order valence-electron chi connectivity index (χ0n) is 16.0. The summed E-state index contributed by atoms with van der Waals surface area (Å²) in [6.45, 7) is 6.27. The number of benzene rings is 1. The molecule has 1 aromatic carbocycles. The van der Waals surface area contributed by atoms with Gasteiger partial charge in [0.15, 0.2) is 0 Å². The molecule has 3 aromatic rings. The summed E-state index contributed by atoms with van der Waals surface area (Å²) in [4.78, 5) is 33.4. The Morgan fingerprint density at radius 1 is 1.33 bits per heavy atom. The SMILES string of the molecule is COCCn1c(C)cc(C)c(C(=O)NC(C)c2nc3ccccc3[nH]2)c1=O. The van der Waals surface area contributed by atoms with Gasteiger partial charge in [-0.05, 0) is 44.5 Å². The number of fused-ring (bicyclic) bond motifs is 1. The Labute approximate surface area is 157 Å². The molecular weight excluding hydrogens is 344 g/mol. The molecule has 0 aliphatic rings. The number of aromatic amines is 1.